The van der Waals surface area contributed by atoms with E-state index < -0.39 is 0 Å². The summed E-state index contributed by atoms with van der Waals surface area (Å²) in [6.45, 7) is 9.15. The highest BCUT2D eigenvalue weighted by Crippen LogP contribution is 2.50. The molecule has 45 heavy (non-hydrogen) atoms. The summed E-state index contributed by atoms with van der Waals surface area (Å²) in [5.74, 6) is 0. The van der Waals surface area contributed by atoms with Gasteiger partial charge in [0.1, 0.15) is 0 Å². The minimum atomic E-state index is -0.0315. The quantitative estimate of drug-likeness (QED) is 0.258. The van der Waals surface area contributed by atoms with Gasteiger partial charge in [0.15, 0.2) is 0 Å². The molecule has 3 aromatic carbocycles. The van der Waals surface area contributed by atoms with Crippen molar-refractivity contribution in [3.8, 4) is 22.3 Å². The van der Waals surface area contributed by atoms with Crippen LogP contribution in [0.25, 0.3) is 22.3 Å². The third-order valence-electron chi connectivity index (χ3n) is 10.3. The Morgan fingerprint density at radius 2 is 1.29 bits per heavy atom. The Balaban J connectivity index is 1.40. The topological polar surface area (TPSA) is 45.2 Å². The van der Waals surface area contributed by atoms with Crippen molar-refractivity contribution in [3.63, 3.8) is 0 Å². The lowest BCUT2D eigenvalue weighted by atomic mass is 9.30. The largest absolute Gasteiger partial charge is 0.377 e. The van der Waals surface area contributed by atoms with Crippen LogP contribution in [0.15, 0.2) is 104 Å². The van der Waals surface area contributed by atoms with Crippen molar-refractivity contribution in [1.82, 2.24) is 15.0 Å². The number of aryl methyl sites for hydroxylation is 1. The molecule has 0 spiro atoms. The van der Waals surface area contributed by atoms with Crippen LogP contribution in [0.2, 0.25) is 0 Å². The second kappa shape index (κ2) is 8.51. The third-order valence-corrected chi connectivity index (χ3v) is 10.3. The first-order valence-corrected chi connectivity index (χ1v) is 15.7. The van der Waals surface area contributed by atoms with E-state index in [-0.39, 0.29) is 19.0 Å². The predicted molar refractivity (Wildman–Crippen MR) is 187 cm³/mol. The van der Waals surface area contributed by atoms with Crippen LogP contribution in [0, 0.1) is 6.92 Å². The molecule has 0 fully saturated rings. The van der Waals surface area contributed by atoms with Crippen molar-refractivity contribution in [2.75, 3.05) is 9.71 Å². The van der Waals surface area contributed by atoms with Crippen LogP contribution in [0.3, 0.4) is 0 Å². The van der Waals surface area contributed by atoms with Crippen LogP contribution in [-0.4, -0.2) is 28.5 Å². The first kappa shape index (κ1) is 25.2. The Morgan fingerprint density at radius 1 is 0.600 bits per heavy atom. The normalized spacial score (nSPS) is 14.5. The van der Waals surface area contributed by atoms with Crippen LogP contribution in [0.5, 0.6) is 0 Å². The Kier molecular flexibility index (Phi) is 4.76. The van der Waals surface area contributed by atoms with Crippen molar-refractivity contribution < 1.29 is 0 Å². The van der Waals surface area contributed by atoms with Gasteiger partial charge >= 0.3 is 6.85 Å². The number of nitrogens with zero attached hydrogens (tertiary/aromatic N) is 5. The lowest BCUT2D eigenvalue weighted by Crippen LogP contribution is -2.69. The van der Waals surface area contributed by atoms with Gasteiger partial charge < -0.3 is 9.71 Å². The zero-order valence-electron chi connectivity index (χ0n) is 25.7. The van der Waals surface area contributed by atoms with E-state index in [1.807, 2.05) is 18.6 Å². The van der Waals surface area contributed by atoms with E-state index >= 15 is 0 Å². The standard InChI is InChI=1S/C38H29B2N5/c1-22-5-7-24(8-6-22)44-33-13-16-43-21-32(33)39-31-18-23(38(2,3)4)17-26-28-20-42-15-12-30(28)40-29-11-14-41-19-27(29)25-9-10-34(44)35(39)37(25)45(40)36(26)31/h5-21H,1-4H3. The summed E-state index contributed by atoms with van der Waals surface area (Å²) in [7, 11) is 0. The third kappa shape index (κ3) is 3.18. The van der Waals surface area contributed by atoms with Gasteiger partial charge in [0.2, 0.25) is 0 Å². The summed E-state index contributed by atoms with van der Waals surface area (Å²) in [5, 5.41) is 0. The zero-order chi connectivity index (χ0) is 30.2. The van der Waals surface area contributed by atoms with Crippen LogP contribution < -0.4 is 37.0 Å². The Hall–Kier alpha value is -5.16. The van der Waals surface area contributed by atoms with Crippen LogP contribution in [0.4, 0.5) is 28.4 Å². The maximum Gasteiger partial charge on any atom is 0.329 e. The molecule has 0 bridgehead atoms. The van der Waals surface area contributed by atoms with E-state index in [0.717, 1.165) is 5.69 Å². The molecule has 4 aliphatic heterocycles. The summed E-state index contributed by atoms with van der Waals surface area (Å²) in [6.07, 6.45) is 12.1. The van der Waals surface area contributed by atoms with Gasteiger partial charge in [-0.15, -0.1) is 0 Å². The fourth-order valence-corrected chi connectivity index (χ4v) is 8.30. The summed E-state index contributed by atoms with van der Waals surface area (Å²) in [6, 6.07) is 25.1. The Morgan fingerprint density at radius 3 is 2.02 bits per heavy atom. The van der Waals surface area contributed by atoms with Crippen LogP contribution in [-0.2, 0) is 5.41 Å². The van der Waals surface area contributed by atoms with E-state index in [0.29, 0.717) is 0 Å². The van der Waals surface area contributed by atoms with Crippen molar-refractivity contribution in [3.05, 3.63) is 115 Å². The summed E-state index contributed by atoms with van der Waals surface area (Å²) < 4.78 is 0. The molecule has 0 aliphatic carbocycles. The predicted octanol–water partition coefficient (Wildman–Crippen LogP) is 5.00. The molecule has 0 atom stereocenters. The van der Waals surface area contributed by atoms with Crippen LogP contribution in [0.1, 0.15) is 31.9 Å². The minimum Gasteiger partial charge on any atom is -0.377 e. The molecule has 5 nitrogen and oxygen atoms in total. The molecule has 0 N–H and O–H groups in total. The smallest absolute Gasteiger partial charge is 0.329 e. The average molecular weight is 577 g/mol. The highest BCUT2D eigenvalue weighted by atomic mass is 15.2. The first-order chi connectivity index (χ1) is 21.9. The molecule has 10 rings (SSSR count). The lowest BCUT2D eigenvalue weighted by Gasteiger charge is -2.51. The second-order valence-electron chi connectivity index (χ2n) is 13.8. The lowest BCUT2D eigenvalue weighted by molar-refractivity contribution is 0.591. The number of benzene rings is 3. The molecule has 7 heteroatoms. The molecular formula is C38H29B2N5. The van der Waals surface area contributed by atoms with Crippen molar-refractivity contribution in [1.29, 1.82) is 0 Å². The van der Waals surface area contributed by atoms with Gasteiger partial charge in [-0.1, -0.05) is 50.6 Å². The Labute approximate surface area is 263 Å². The van der Waals surface area contributed by atoms with E-state index in [9.17, 15) is 0 Å². The fraction of sp³-hybridized carbons (Fsp3) is 0.132. The minimum absolute atomic E-state index is 0.0239. The number of pyridine rings is 3. The molecule has 0 radical (unpaired) electrons. The Bertz CT molecular complexity index is 2260. The second-order valence-corrected chi connectivity index (χ2v) is 13.8. The summed E-state index contributed by atoms with van der Waals surface area (Å²) in [4.78, 5) is 19.2. The van der Waals surface area contributed by atoms with Gasteiger partial charge in [0, 0.05) is 76.7 Å². The van der Waals surface area contributed by atoms with Gasteiger partial charge in [-0.05, 0) is 98.8 Å². The molecule has 0 saturated carbocycles. The van der Waals surface area contributed by atoms with Crippen molar-refractivity contribution in [2.24, 2.45) is 0 Å². The average Bonchev–Trinajstić information content (AvgIpc) is 3.06. The monoisotopic (exact) mass is 577 g/mol. The van der Waals surface area contributed by atoms with E-state index in [4.69, 9.17) is 4.98 Å². The zero-order valence-corrected chi connectivity index (χ0v) is 25.7. The highest BCUT2D eigenvalue weighted by Gasteiger charge is 2.52. The van der Waals surface area contributed by atoms with Gasteiger partial charge in [-0.25, -0.2) is 0 Å². The number of anilines is 5. The molecule has 7 heterocycles. The fourth-order valence-electron chi connectivity index (χ4n) is 8.30. The molecule has 0 saturated heterocycles. The van der Waals surface area contributed by atoms with E-state index in [1.165, 1.54) is 83.4 Å². The van der Waals surface area contributed by atoms with Gasteiger partial charge in [0.25, 0.3) is 6.71 Å². The molecule has 212 valence electrons. The number of fused-ring (bicyclic) bond motifs is 9. The maximum atomic E-state index is 4.75. The van der Waals surface area contributed by atoms with E-state index in [1.54, 1.807) is 0 Å². The number of rotatable bonds is 1. The number of aromatic nitrogens is 3. The SMILES string of the molecule is Cc1ccc(N2c3ccncc3B3c4cc(C(C)(C)C)cc5c4N4B(c6ccncc6-5)c5ccncc5-c5ccc2c3c54)cc1. The summed E-state index contributed by atoms with van der Waals surface area (Å²) >= 11 is 0. The summed E-state index contributed by atoms with van der Waals surface area (Å²) in [5.41, 5.74) is 20.1. The van der Waals surface area contributed by atoms with Crippen LogP contribution >= 0.6 is 0 Å². The van der Waals surface area contributed by atoms with Gasteiger partial charge in [0.05, 0.1) is 0 Å². The molecule has 0 amide bonds. The molecular weight excluding hydrogens is 548 g/mol. The van der Waals surface area contributed by atoms with Crippen molar-refractivity contribution in [2.45, 2.75) is 33.1 Å². The molecule has 6 aromatic rings. The molecule has 3 aromatic heterocycles. The van der Waals surface area contributed by atoms with Gasteiger partial charge in [-0.2, -0.15) is 0 Å². The highest BCUT2D eigenvalue weighted by molar-refractivity contribution is 7.03. The van der Waals surface area contributed by atoms with Gasteiger partial charge in [-0.3, -0.25) is 15.0 Å². The maximum absolute atomic E-state index is 4.75. The first-order valence-electron chi connectivity index (χ1n) is 15.7. The number of hydrogen-bond donors (Lipinski definition) is 0. The molecule has 4 aliphatic rings. The molecule has 0 unspecified atom stereocenters. The van der Waals surface area contributed by atoms with Crippen molar-refractivity contribution >= 4 is 69.3 Å². The van der Waals surface area contributed by atoms with E-state index in [2.05, 4.69) is 133 Å². The number of hydrogen-bond acceptors (Lipinski definition) is 5.